The Hall–Kier alpha value is -3.75. The van der Waals surface area contributed by atoms with E-state index in [0.717, 1.165) is 24.2 Å². The third-order valence-electron chi connectivity index (χ3n) is 4.99. The summed E-state index contributed by atoms with van der Waals surface area (Å²) in [6, 6.07) is 15.6. The lowest BCUT2D eigenvalue weighted by molar-refractivity contribution is -0.137. The molecule has 3 heterocycles. The molecule has 9 heteroatoms. The number of aromatic nitrogens is 1. The number of carbonyl (C=O) groups excluding carboxylic acids is 1. The zero-order valence-corrected chi connectivity index (χ0v) is 16.9. The van der Waals surface area contributed by atoms with E-state index < -0.39 is 11.7 Å². The van der Waals surface area contributed by atoms with Crippen LogP contribution in [-0.4, -0.2) is 29.3 Å². The van der Waals surface area contributed by atoms with Crippen molar-refractivity contribution in [2.75, 3.05) is 18.7 Å². The zero-order valence-electron chi connectivity index (χ0n) is 16.9. The van der Waals surface area contributed by atoms with Gasteiger partial charge in [-0.25, -0.2) is 4.79 Å². The number of nitrogens with one attached hydrogen (secondary N) is 1. The monoisotopic (exact) mass is 445 g/mol. The highest BCUT2D eigenvalue weighted by Gasteiger charge is 2.29. The third kappa shape index (κ3) is 5.11. The number of ether oxygens (including phenoxy) is 2. The molecule has 6 nitrogen and oxygen atoms in total. The molecule has 2 amide bonds. The average Bonchev–Trinajstić information content (AvgIpc) is 3.27. The smallest absolute Gasteiger partial charge is 0.416 e. The topological polar surface area (TPSA) is 63.7 Å². The van der Waals surface area contributed by atoms with Gasteiger partial charge >= 0.3 is 12.2 Å². The van der Waals surface area contributed by atoms with Crippen LogP contribution in [0.2, 0.25) is 0 Å². The van der Waals surface area contributed by atoms with E-state index in [9.17, 15) is 18.0 Å². The number of carbonyl (C=O) groups is 1. The zero-order chi connectivity index (χ0) is 22.6. The largest absolute Gasteiger partial charge is 0.454 e. The summed E-state index contributed by atoms with van der Waals surface area (Å²) in [7, 11) is 0. The van der Waals surface area contributed by atoms with Crippen molar-refractivity contribution in [1.29, 1.82) is 0 Å². The number of hydrogen-bond acceptors (Lipinski definition) is 4. The van der Waals surface area contributed by atoms with Crippen LogP contribution < -0.4 is 14.8 Å². The molecule has 168 valence electrons. The number of urea groups is 1. The number of fused-ring (bicyclic) bond motifs is 2. The second kappa shape index (κ2) is 9.17. The second-order valence-corrected chi connectivity index (χ2v) is 7.14. The Morgan fingerprint density at radius 2 is 1.81 bits per heavy atom. The van der Waals surface area contributed by atoms with Crippen LogP contribution in [0, 0.1) is 0 Å². The lowest BCUT2D eigenvalue weighted by atomic mass is 10.1. The molecule has 0 aliphatic carbocycles. The maximum absolute atomic E-state index is 12.4. The summed E-state index contributed by atoms with van der Waals surface area (Å²) in [4.78, 5) is 18.5. The minimum Gasteiger partial charge on any atom is -0.454 e. The van der Waals surface area contributed by atoms with E-state index in [2.05, 4.69) is 16.4 Å². The second-order valence-electron chi connectivity index (χ2n) is 7.14. The lowest BCUT2D eigenvalue weighted by Crippen LogP contribution is -2.39. The van der Waals surface area contributed by atoms with Gasteiger partial charge in [-0.3, -0.25) is 4.98 Å². The maximum atomic E-state index is 12.4. The van der Waals surface area contributed by atoms with Crippen LogP contribution in [-0.2, 0) is 19.1 Å². The van der Waals surface area contributed by atoms with E-state index in [1.807, 2.05) is 12.1 Å². The summed E-state index contributed by atoms with van der Waals surface area (Å²) in [5.41, 5.74) is 2.28. The van der Waals surface area contributed by atoms with Crippen LogP contribution in [0.25, 0.3) is 0 Å². The van der Waals surface area contributed by atoms with Gasteiger partial charge in [-0.1, -0.05) is 36.4 Å². The number of nitrogens with zero attached hydrogens (tertiary/aromatic N) is 2. The predicted molar refractivity (Wildman–Crippen MR) is 113 cm³/mol. The maximum Gasteiger partial charge on any atom is 0.416 e. The molecule has 0 saturated heterocycles. The van der Waals surface area contributed by atoms with Crippen LogP contribution in [0.4, 0.5) is 23.7 Å². The molecule has 1 aromatic heterocycles. The van der Waals surface area contributed by atoms with Gasteiger partial charge < -0.3 is 19.7 Å². The van der Waals surface area contributed by atoms with Crippen LogP contribution in [0.15, 0.2) is 66.9 Å². The minimum atomic E-state index is -4.21. The molecule has 2 aromatic carbocycles. The number of rotatable bonds is 1. The Bertz CT molecular complexity index is 1100. The molecule has 5 rings (SSSR count). The Kier molecular flexibility index (Phi) is 6.16. The number of alkyl halides is 3. The normalized spacial score (nSPS) is 14.2. The molecular weight excluding hydrogens is 423 g/mol. The van der Waals surface area contributed by atoms with Crippen LogP contribution in [0.5, 0.6) is 11.5 Å². The minimum absolute atomic E-state index is 0. The summed E-state index contributed by atoms with van der Waals surface area (Å²) in [5.74, 6) is 1.36. The molecule has 0 unspecified atom stereocenters. The van der Waals surface area contributed by atoms with Gasteiger partial charge in [0.2, 0.25) is 6.79 Å². The number of amides is 2. The first kappa shape index (κ1) is 21.5. The van der Waals surface area contributed by atoms with Crippen molar-refractivity contribution in [3.63, 3.8) is 0 Å². The van der Waals surface area contributed by atoms with Crippen molar-refractivity contribution in [1.82, 2.24) is 9.88 Å². The standard InChI is InChI=1S/C16H15N3O3.C7H5F3.H2/c20-16(18-12-3-4-14-15(8-12)22-10-21-14)19-7-5-11-2-1-6-17-13(11)9-19;8-7(9,10)6-4-2-1-3-5-6;/h1-4,6,8H,5,7,9-10H2,(H,18,20);1-5H;1H. The van der Waals surface area contributed by atoms with Gasteiger partial charge in [0.05, 0.1) is 17.8 Å². The fourth-order valence-electron chi connectivity index (χ4n) is 3.33. The van der Waals surface area contributed by atoms with E-state index >= 15 is 0 Å². The van der Waals surface area contributed by atoms with Crippen molar-refractivity contribution in [3.8, 4) is 11.5 Å². The van der Waals surface area contributed by atoms with Gasteiger partial charge in [0.25, 0.3) is 0 Å². The van der Waals surface area contributed by atoms with E-state index in [4.69, 9.17) is 9.47 Å². The summed E-state index contributed by atoms with van der Waals surface area (Å²) in [6.07, 6.45) is -1.61. The van der Waals surface area contributed by atoms with E-state index in [1.54, 1.807) is 29.3 Å². The van der Waals surface area contributed by atoms with Gasteiger partial charge in [-0.15, -0.1) is 0 Å². The van der Waals surface area contributed by atoms with Gasteiger partial charge in [0.1, 0.15) is 0 Å². The molecule has 2 aliphatic heterocycles. The molecule has 2 aliphatic rings. The van der Waals surface area contributed by atoms with Crippen LogP contribution in [0.3, 0.4) is 0 Å². The Labute approximate surface area is 184 Å². The predicted octanol–water partition coefficient (Wildman–Crippen LogP) is 5.35. The number of halogens is 3. The van der Waals surface area contributed by atoms with Crippen molar-refractivity contribution in [3.05, 3.63) is 83.7 Å². The quantitative estimate of drug-likeness (QED) is 0.548. The van der Waals surface area contributed by atoms with Crippen molar-refractivity contribution in [2.24, 2.45) is 0 Å². The first-order valence-corrected chi connectivity index (χ1v) is 9.91. The molecular formula is C23H22F3N3O3. The molecule has 0 saturated carbocycles. The third-order valence-corrected chi connectivity index (χ3v) is 4.99. The fourth-order valence-corrected chi connectivity index (χ4v) is 3.33. The first-order valence-electron chi connectivity index (χ1n) is 9.91. The summed E-state index contributed by atoms with van der Waals surface area (Å²) >= 11 is 0. The first-order chi connectivity index (χ1) is 15.4. The molecule has 0 radical (unpaired) electrons. The van der Waals surface area contributed by atoms with Crippen molar-refractivity contribution >= 4 is 11.7 Å². The van der Waals surface area contributed by atoms with Crippen LogP contribution in [0.1, 0.15) is 18.2 Å². The van der Waals surface area contributed by atoms with E-state index in [0.29, 0.717) is 30.3 Å². The van der Waals surface area contributed by atoms with Gasteiger partial charge in [0.15, 0.2) is 11.5 Å². The molecule has 32 heavy (non-hydrogen) atoms. The summed E-state index contributed by atoms with van der Waals surface area (Å²) in [5, 5.41) is 2.90. The average molecular weight is 445 g/mol. The molecule has 3 aromatic rings. The number of benzene rings is 2. The molecule has 0 fully saturated rings. The molecule has 0 spiro atoms. The highest BCUT2D eigenvalue weighted by atomic mass is 19.4. The summed E-state index contributed by atoms with van der Waals surface area (Å²) in [6.45, 7) is 1.45. The highest BCUT2D eigenvalue weighted by Crippen LogP contribution is 2.34. The lowest BCUT2D eigenvalue weighted by Gasteiger charge is -2.28. The van der Waals surface area contributed by atoms with Crippen molar-refractivity contribution in [2.45, 2.75) is 19.1 Å². The molecule has 0 bridgehead atoms. The number of hydrogen-bond donors (Lipinski definition) is 1. The van der Waals surface area contributed by atoms with Gasteiger partial charge in [-0.05, 0) is 30.2 Å². The highest BCUT2D eigenvalue weighted by molar-refractivity contribution is 5.89. The van der Waals surface area contributed by atoms with Gasteiger partial charge in [-0.2, -0.15) is 13.2 Å². The fraction of sp³-hybridized carbons (Fsp3) is 0.217. The molecule has 1 N–H and O–H groups in total. The van der Waals surface area contributed by atoms with Crippen molar-refractivity contribution < 1.29 is 28.9 Å². The molecule has 0 atom stereocenters. The number of pyridine rings is 1. The Balaban J connectivity index is 0.000000237. The van der Waals surface area contributed by atoms with E-state index in [1.165, 1.54) is 17.7 Å². The number of anilines is 1. The Morgan fingerprint density at radius 1 is 1.03 bits per heavy atom. The van der Waals surface area contributed by atoms with E-state index in [-0.39, 0.29) is 14.3 Å². The summed E-state index contributed by atoms with van der Waals surface area (Å²) < 4.78 is 45.9. The SMILES string of the molecule is FC(F)(F)c1ccccc1.O=C(Nc1ccc2c(c1)OCO2)N1CCc2cccnc2C1.[HH]. The van der Waals surface area contributed by atoms with Crippen LogP contribution >= 0.6 is 0 Å². The van der Waals surface area contributed by atoms with Gasteiger partial charge in [0, 0.05) is 25.9 Å². The Morgan fingerprint density at radius 3 is 2.56 bits per heavy atom.